The first-order valence-electron chi connectivity index (χ1n) is 16.8. The molecule has 0 aliphatic heterocycles. The number of rotatable bonds is 4. The Morgan fingerprint density at radius 3 is 2.02 bits per heavy atom. The summed E-state index contributed by atoms with van der Waals surface area (Å²) in [6.07, 6.45) is 1.79. The van der Waals surface area contributed by atoms with Crippen LogP contribution in [0.3, 0.4) is 0 Å². The first-order valence-corrected chi connectivity index (χ1v) is 16.8. The van der Waals surface area contributed by atoms with Gasteiger partial charge in [-0.3, -0.25) is 9.98 Å². The maximum atomic E-state index is 11.5. The second-order valence-electron chi connectivity index (χ2n) is 16.1. The Morgan fingerprint density at radius 1 is 0.688 bits per heavy atom. The minimum absolute atomic E-state index is 0.101. The van der Waals surface area contributed by atoms with Gasteiger partial charge in [0.25, 0.3) is 0 Å². The minimum Gasteiger partial charge on any atom is -0.507 e. The molecule has 0 atom stereocenters. The fourth-order valence-electron chi connectivity index (χ4n) is 6.22. The molecule has 0 saturated heterocycles. The zero-order valence-corrected chi connectivity index (χ0v) is 30.2. The van der Waals surface area contributed by atoms with Crippen molar-refractivity contribution in [3.05, 3.63) is 106 Å². The van der Waals surface area contributed by atoms with Crippen molar-refractivity contribution >= 4 is 33.8 Å². The van der Waals surface area contributed by atoms with Crippen molar-refractivity contribution in [2.45, 2.75) is 92.4 Å². The zero-order chi connectivity index (χ0) is 34.8. The zero-order valence-electron chi connectivity index (χ0n) is 30.2. The number of phenolic OH excluding ortho intramolecular Hbond substituents is 1. The van der Waals surface area contributed by atoms with Crippen LogP contribution in [0.2, 0.25) is 0 Å². The van der Waals surface area contributed by atoms with Gasteiger partial charge in [0, 0.05) is 45.2 Å². The highest BCUT2D eigenvalue weighted by molar-refractivity contribution is 6.03. The molecule has 6 aromatic rings. The summed E-state index contributed by atoms with van der Waals surface area (Å²) in [5.74, 6) is 0.750. The molecule has 2 heterocycles. The van der Waals surface area contributed by atoms with E-state index >= 15 is 0 Å². The average molecular weight is 638 g/mol. The number of benzene rings is 4. The molecular weight excluding hydrogens is 590 g/mol. The molecule has 246 valence electrons. The van der Waals surface area contributed by atoms with Crippen LogP contribution in [0.25, 0.3) is 44.5 Å². The number of nitrogens with zero attached hydrogens (tertiary/aromatic N) is 3. The highest BCUT2D eigenvalue weighted by atomic mass is 16.3. The van der Waals surface area contributed by atoms with Gasteiger partial charge in [0.2, 0.25) is 5.89 Å². The highest BCUT2D eigenvalue weighted by Crippen LogP contribution is 2.42. The van der Waals surface area contributed by atoms with Crippen molar-refractivity contribution in [2.24, 2.45) is 4.99 Å². The Balaban J connectivity index is 1.59. The van der Waals surface area contributed by atoms with Crippen LogP contribution in [0.4, 0.5) is 5.69 Å². The quantitative estimate of drug-likeness (QED) is 0.195. The fourth-order valence-corrected chi connectivity index (χ4v) is 6.22. The third-order valence-electron chi connectivity index (χ3n) is 9.15. The van der Waals surface area contributed by atoms with Gasteiger partial charge in [-0.1, -0.05) is 105 Å². The van der Waals surface area contributed by atoms with Crippen LogP contribution in [0.15, 0.2) is 82.2 Å². The van der Waals surface area contributed by atoms with Gasteiger partial charge in [0.15, 0.2) is 5.58 Å². The van der Waals surface area contributed by atoms with Crippen LogP contribution in [0, 0.1) is 13.8 Å². The fraction of sp³-hybridized carbons (Fsp3) is 0.326. The molecule has 5 heteroatoms. The molecular formula is C43H47N3O2. The summed E-state index contributed by atoms with van der Waals surface area (Å²) in [6, 6.07) is 25.0. The van der Waals surface area contributed by atoms with Crippen LogP contribution >= 0.6 is 0 Å². The Labute approximate surface area is 284 Å². The smallest absolute Gasteiger partial charge is 0.229 e. The second kappa shape index (κ2) is 11.7. The number of hydrogen-bond donors (Lipinski definition) is 1. The summed E-state index contributed by atoms with van der Waals surface area (Å²) in [6.45, 7) is 23.6. The van der Waals surface area contributed by atoms with E-state index in [1.165, 1.54) is 0 Å². The first kappa shape index (κ1) is 33.1. The van der Waals surface area contributed by atoms with Crippen molar-refractivity contribution in [1.82, 2.24) is 9.97 Å². The number of aromatic hydroxyl groups is 1. The minimum atomic E-state index is -0.244. The summed E-state index contributed by atoms with van der Waals surface area (Å²) >= 11 is 0. The van der Waals surface area contributed by atoms with Gasteiger partial charge >= 0.3 is 0 Å². The van der Waals surface area contributed by atoms with Gasteiger partial charge in [0.1, 0.15) is 11.3 Å². The summed E-state index contributed by atoms with van der Waals surface area (Å²) in [4.78, 5) is 15.1. The number of aliphatic imine (C=N–C) groups is 1. The molecule has 0 fully saturated rings. The average Bonchev–Trinajstić information content (AvgIpc) is 3.43. The van der Waals surface area contributed by atoms with Gasteiger partial charge < -0.3 is 9.52 Å². The third kappa shape index (κ3) is 6.26. The molecule has 0 saturated carbocycles. The van der Waals surface area contributed by atoms with Crippen molar-refractivity contribution in [2.75, 3.05) is 0 Å². The number of oxazole rings is 1. The van der Waals surface area contributed by atoms with E-state index in [0.717, 1.165) is 72.3 Å². The molecule has 0 bridgehead atoms. The largest absolute Gasteiger partial charge is 0.507 e. The molecule has 0 aliphatic carbocycles. The van der Waals surface area contributed by atoms with E-state index in [2.05, 4.69) is 111 Å². The lowest BCUT2D eigenvalue weighted by atomic mass is 9.79. The predicted octanol–water partition coefficient (Wildman–Crippen LogP) is 11.7. The molecule has 1 N–H and O–H groups in total. The maximum absolute atomic E-state index is 11.5. The first-order chi connectivity index (χ1) is 22.4. The maximum Gasteiger partial charge on any atom is 0.229 e. The van der Waals surface area contributed by atoms with E-state index < -0.39 is 0 Å². The van der Waals surface area contributed by atoms with Gasteiger partial charge in [-0.05, 0) is 76.9 Å². The number of aryl methyl sites for hydroxylation is 2. The van der Waals surface area contributed by atoms with Crippen molar-refractivity contribution in [1.29, 1.82) is 0 Å². The normalized spacial score (nSPS) is 12.9. The van der Waals surface area contributed by atoms with Crippen LogP contribution < -0.4 is 0 Å². The van der Waals surface area contributed by atoms with Crippen LogP contribution in [0.5, 0.6) is 5.75 Å². The van der Waals surface area contributed by atoms with E-state index in [4.69, 9.17) is 19.4 Å². The Hall–Kier alpha value is -4.77. The standard InChI is InChI=1S/C43H47N3O2/c1-25-16-18-31(26(2)45-25)34-21-30(42(6,7)8)23-36-38(34)46-40(48-36)33-19-17-27-14-12-13-15-32(27)37(33)44-24-28-20-29(41(3,4)5)22-35(39(28)47)43(9,10)11/h12-24,47H,1-11H3. The van der Waals surface area contributed by atoms with Gasteiger partial charge in [-0.15, -0.1) is 0 Å². The summed E-state index contributed by atoms with van der Waals surface area (Å²) < 4.78 is 6.65. The van der Waals surface area contributed by atoms with E-state index in [0.29, 0.717) is 11.5 Å². The lowest BCUT2D eigenvalue weighted by molar-refractivity contribution is 0.444. The molecule has 0 aliphatic rings. The third-order valence-corrected chi connectivity index (χ3v) is 9.15. The van der Waals surface area contributed by atoms with Gasteiger partial charge in [0.05, 0.1) is 11.3 Å². The van der Waals surface area contributed by atoms with E-state index in [9.17, 15) is 5.11 Å². The van der Waals surface area contributed by atoms with Crippen molar-refractivity contribution < 1.29 is 9.52 Å². The predicted molar refractivity (Wildman–Crippen MR) is 201 cm³/mol. The Bertz CT molecular complexity index is 2220. The molecule has 48 heavy (non-hydrogen) atoms. The number of hydrogen-bond acceptors (Lipinski definition) is 5. The number of phenols is 1. The van der Waals surface area contributed by atoms with E-state index in [1.807, 2.05) is 38.1 Å². The lowest BCUT2D eigenvalue weighted by Gasteiger charge is -2.27. The molecule has 2 aromatic heterocycles. The summed E-state index contributed by atoms with van der Waals surface area (Å²) in [5, 5.41) is 13.6. The van der Waals surface area contributed by atoms with Crippen LogP contribution in [-0.4, -0.2) is 21.3 Å². The van der Waals surface area contributed by atoms with E-state index in [1.54, 1.807) is 6.21 Å². The molecule has 4 aromatic carbocycles. The summed E-state index contributed by atoms with van der Waals surface area (Å²) in [7, 11) is 0. The second-order valence-corrected chi connectivity index (χ2v) is 16.1. The van der Waals surface area contributed by atoms with E-state index in [-0.39, 0.29) is 22.0 Å². The molecule has 0 spiro atoms. The monoisotopic (exact) mass is 637 g/mol. The highest BCUT2D eigenvalue weighted by Gasteiger charge is 2.26. The Morgan fingerprint density at radius 2 is 1.35 bits per heavy atom. The number of aromatic nitrogens is 2. The van der Waals surface area contributed by atoms with Gasteiger partial charge in [-0.2, -0.15) is 0 Å². The molecule has 0 unspecified atom stereocenters. The van der Waals surface area contributed by atoms with Gasteiger partial charge in [-0.25, -0.2) is 4.98 Å². The Kier molecular flexibility index (Phi) is 8.10. The van der Waals surface area contributed by atoms with Crippen molar-refractivity contribution in [3.8, 4) is 28.3 Å². The van der Waals surface area contributed by atoms with Crippen LogP contribution in [-0.2, 0) is 16.2 Å². The molecule has 5 nitrogen and oxygen atoms in total. The molecule has 0 amide bonds. The summed E-state index contributed by atoms with van der Waals surface area (Å²) in [5.41, 5.74) is 10.5. The molecule has 0 radical (unpaired) electrons. The number of fused-ring (bicyclic) bond motifs is 2. The van der Waals surface area contributed by atoms with Crippen molar-refractivity contribution in [3.63, 3.8) is 0 Å². The molecule has 6 rings (SSSR count). The SMILES string of the molecule is Cc1ccc(-c2cc(C(C)(C)C)cc3oc(-c4ccc5ccccc5c4N=Cc4cc(C(C)(C)C)cc(C(C)(C)C)c4O)nc23)c(C)n1. The lowest BCUT2D eigenvalue weighted by Crippen LogP contribution is -2.17. The van der Waals surface area contributed by atoms with Crippen LogP contribution in [0.1, 0.15) is 96.0 Å². The number of pyridine rings is 1. The topological polar surface area (TPSA) is 71.5 Å².